The van der Waals surface area contributed by atoms with E-state index in [1.807, 2.05) is 30.9 Å². The highest BCUT2D eigenvalue weighted by molar-refractivity contribution is 5.77. The van der Waals surface area contributed by atoms with Crippen LogP contribution in [-0.4, -0.2) is 45.5 Å². The number of halogens is 1. The summed E-state index contributed by atoms with van der Waals surface area (Å²) in [6.45, 7) is 6.43. The van der Waals surface area contributed by atoms with Crippen LogP contribution in [0.15, 0.2) is 41.1 Å². The normalized spacial score (nSPS) is 19.2. The van der Waals surface area contributed by atoms with Gasteiger partial charge in [-0.1, -0.05) is 5.16 Å². The highest BCUT2D eigenvalue weighted by Gasteiger charge is 2.44. The summed E-state index contributed by atoms with van der Waals surface area (Å²) in [5.74, 6) is 0.119. The molecule has 0 spiro atoms. The predicted octanol–water partition coefficient (Wildman–Crippen LogP) is 3.91. The molecule has 2 aromatic heterocycles. The van der Waals surface area contributed by atoms with Gasteiger partial charge in [0, 0.05) is 49.4 Å². The molecule has 3 heterocycles. The molecular formula is C24H29FN4O3. The van der Waals surface area contributed by atoms with Crippen molar-refractivity contribution in [3.63, 3.8) is 0 Å². The number of hydrogen-bond acceptors (Lipinski definition) is 6. The Morgan fingerprint density at radius 3 is 2.78 bits per heavy atom. The number of carbonyl (C=O) groups is 1. The maximum Gasteiger partial charge on any atom is 0.313 e. The lowest BCUT2D eigenvalue weighted by atomic mass is 9.76. The molecule has 0 bridgehead atoms. The van der Waals surface area contributed by atoms with Crippen molar-refractivity contribution < 1.29 is 18.4 Å². The molecule has 0 radical (unpaired) electrons. The van der Waals surface area contributed by atoms with Crippen molar-refractivity contribution >= 4 is 5.97 Å². The minimum Gasteiger partial charge on any atom is -0.466 e. The van der Waals surface area contributed by atoms with Crippen molar-refractivity contribution in [3.8, 4) is 11.3 Å². The van der Waals surface area contributed by atoms with E-state index in [1.54, 1.807) is 12.1 Å². The summed E-state index contributed by atoms with van der Waals surface area (Å²) >= 11 is 0. The van der Waals surface area contributed by atoms with Crippen molar-refractivity contribution in [1.82, 2.24) is 19.8 Å². The average molecular weight is 441 g/mol. The van der Waals surface area contributed by atoms with E-state index in [2.05, 4.69) is 22.1 Å². The molecule has 1 atom stereocenters. The van der Waals surface area contributed by atoms with Crippen LogP contribution < -0.4 is 0 Å². The van der Waals surface area contributed by atoms with Gasteiger partial charge in [-0.05, 0) is 57.5 Å². The Balaban J connectivity index is 1.56. The van der Waals surface area contributed by atoms with Crippen LogP contribution in [0.4, 0.5) is 4.39 Å². The van der Waals surface area contributed by atoms with Gasteiger partial charge in [0.25, 0.3) is 0 Å². The number of aromatic nitrogens is 3. The first kappa shape index (κ1) is 22.2. The SMILES string of the molecule is CCOC(=O)C1(Cc2cc(-c3ccc(F)cc3)no2)CCCN(Cc2cnn(C)c2C)C1. The maximum absolute atomic E-state index is 13.2. The quantitative estimate of drug-likeness (QED) is 0.519. The van der Waals surface area contributed by atoms with E-state index in [1.165, 1.54) is 12.1 Å². The highest BCUT2D eigenvalue weighted by atomic mass is 19.1. The van der Waals surface area contributed by atoms with Crippen LogP contribution in [0.2, 0.25) is 0 Å². The fraction of sp³-hybridized carbons (Fsp3) is 0.458. The lowest BCUT2D eigenvalue weighted by molar-refractivity contribution is -0.159. The second-order valence-electron chi connectivity index (χ2n) is 8.56. The van der Waals surface area contributed by atoms with Gasteiger partial charge in [0.1, 0.15) is 17.3 Å². The van der Waals surface area contributed by atoms with Gasteiger partial charge < -0.3 is 9.26 Å². The Bertz CT molecular complexity index is 1080. The van der Waals surface area contributed by atoms with Gasteiger partial charge >= 0.3 is 5.97 Å². The predicted molar refractivity (Wildman–Crippen MR) is 117 cm³/mol. The first-order valence-corrected chi connectivity index (χ1v) is 11.0. The lowest BCUT2D eigenvalue weighted by Crippen LogP contribution is -2.49. The largest absolute Gasteiger partial charge is 0.466 e. The number of carbonyl (C=O) groups excluding carboxylic acids is 1. The zero-order valence-electron chi connectivity index (χ0n) is 18.8. The molecule has 8 heteroatoms. The molecule has 0 aliphatic carbocycles. The van der Waals surface area contributed by atoms with Crippen molar-refractivity contribution in [2.75, 3.05) is 19.7 Å². The standard InChI is InChI=1S/C24H29FN4O3/c1-4-31-23(30)24(10-5-11-29(16-24)15-19-14-26-28(3)17(19)2)13-21-12-22(27-32-21)18-6-8-20(25)9-7-18/h6-9,12,14H,4-5,10-11,13,15-16H2,1-3H3. The molecule has 1 fully saturated rings. The van der Waals surface area contributed by atoms with Crippen LogP contribution in [-0.2, 0) is 29.5 Å². The molecule has 0 N–H and O–H groups in total. The molecule has 32 heavy (non-hydrogen) atoms. The first-order valence-electron chi connectivity index (χ1n) is 11.0. The van der Waals surface area contributed by atoms with E-state index in [0.717, 1.165) is 42.8 Å². The third kappa shape index (κ3) is 4.60. The fourth-order valence-electron chi connectivity index (χ4n) is 4.46. The van der Waals surface area contributed by atoms with Gasteiger partial charge in [-0.25, -0.2) is 4.39 Å². The molecule has 170 valence electrons. The molecule has 0 amide bonds. The summed E-state index contributed by atoms with van der Waals surface area (Å²) in [6.07, 6.45) is 3.90. The number of esters is 1. The molecule has 1 aromatic carbocycles. The number of likely N-dealkylation sites (tertiary alicyclic amines) is 1. The topological polar surface area (TPSA) is 73.4 Å². The zero-order chi connectivity index (χ0) is 22.7. The van der Waals surface area contributed by atoms with E-state index in [0.29, 0.717) is 31.0 Å². The van der Waals surface area contributed by atoms with Gasteiger partial charge in [-0.3, -0.25) is 14.4 Å². The number of ether oxygens (including phenoxy) is 1. The minimum atomic E-state index is -0.704. The molecule has 1 aliphatic rings. The maximum atomic E-state index is 13.2. The molecule has 1 unspecified atom stereocenters. The summed E-state index contributed by atoms with van der Waals surface area (Å²) in [7, 11) is 1.93. The Morgan fingerprint density at radius 1 is 1.31 bits per heavy atom. The molecular weight excluding hydrogens is 411 g/mol. The van der Waals surface area contributed by atoms with E-state index >= 15 is 0 Å². The average Bonchev–Trinajstić information content (AvgIpc) is 3.36. The molecule has 1 aliphatic heterocycles. The van der Waals surface area contributed by atoms with Crippen molar-refractivity contribution in [1.29, 1.82) is 0 Å². The zero-order valence-corrected chi connectivity index (χ0v) is 18.8. The third-order valence-electron chi connectivity index (χ3n) is 6.31. The molecule has 7 nitrogen and oxygen atoms in total. The van der Waals surface area contributed by atoms with Crippen LogP contribution in [0, 0.1) is 18.2 Å². The number of rotatable bonds is 7. The summed E-state index contributed by atoms with van der Waals surface area (Å²) in [5, 5.41) is 8.48. The van der Waals surface area contributed by atoms with Gasteiger partial charge in [0.15, 0.2) is 0 Å². The second-order valence-corrected chi connectivity index (χ2v) is 8.56. The lowest BCUT2D eigenvalue weighted by Gasteiger charge is -2.40. The number of hydrogen-bond donors (Lipinski definition) is 0. The van der Waals surface area contributed by atoms with Crippen LogP contribution in [0.25, 0.3) is 11.3 Å². The van der Waals surface area contributed by atoms with Gasteiger partial charge in [-0.2, -0.15) is 5.10 Å². The van der Waals surface area contributed by atoms with Gasteiger partial charge in [-0.15, -0.1) is 0 Å². The monoisotopic (exact) mass is 440 g/mol. The first-order chi connectivity index (χ1) is 15.4. The summed E-state index contributed by atoms with van der Waals surface area (Å²) in [4.78, 5) is 15.4. The van der Waals surface area contributed by atoms with E-state index in [-0.39, 0.29) is 11.8 Å². The van der Waals surface area contributed by atoms with Crippen LogP contribution >= 0.6 is 0 Å². The fourth-order valence-corrected chi connectivity index (χ4v) is 4.46. The number of benzene rings is 1. The van der Waals surface area contributed by atoms with Crippen LogP contribution in [0.1, 0.15) is 36.8 Å². The Morgan fingerprint density at radius 2 is 2.09 bits per heavy atom. The van der Waals surface area contributed by atoms with Crippen molar-refractivity contribution in [2.24, 2.45) is 12.5 Å². The third-order valence-corrected chi connectivity index (χ3v) is 6.31. The van der Waals surface area contributed by atoms with E-state index in [9.17, 15) is 9.18 Å². The van der Waals surface area contributed by atoms with Crippen LogP contribution in [0.3, 0.4) is 0 Å². The van der Waals surface area contributed by atoms with Crippen molar-refractivity contribution in [3.05, 3.63) is 59.4 Å². The summed E-state index contributed by atoms with van der Waals surface area (Å²) < 4.78 is 26.2. The molecule has 3 aromatic rings. The van der Waals surface area contributed by atoms with Gasteiger partial charge in [0.2, 0.25) is 0 Å². The smallest absolute Gasteiger partial charge is 0.313 e. The minimum absolute atomic E-state index is 0.202. The van der Waals surface area contributed by atoms with Crippen molar-refractivity contribution in [2.45, 2.75) is 39.7 Å². The summed E-state index contributed by atoms with van der Waals surface area (Å²) in [5.41, 5.74) is 2.97. The molecule has 1 saturated heterocycles. The van der Waals surface area contributed by atoms with E-state index < -0.39 is 5.41 Å². The Labute approximate surface area is 187 Å². The summed E-state index contributed by atoms with van der Waals surface area (Å²) in [6, 6.07) is 7.94. The number of piperidine rings is 1. The second kappa shape index (κ2) is 9.24. The number of nitrogens with zero attached hydrogens (tertiary/aromatic N) is 4. The molecule has 4 rings (SSSR count). The van der Waals surface area contributed by atoms with Gasteiger partial charge in [0.05, 0.1) is 18.2 Å². The van der Waals surface area contributed by atoms with E-state index in [4.69, 9.17) is 9.26 Å². The number of aryl methyl sites for hydroxylation is 1. The Kier molecular flexibility index (Phi) is 6.41. The van der Waals surface area contributed by atoms with Crippen LogP contribution in [0.5, 0.6) is 0 Å². The molecule has 0 saturated carbocycles. The highest BCUT2D eigenvalue weighted by Crippen LogP contribution is 2.37. The Hall–Kier alpha value is -3.00.